The molecule has 0 radical (unpaired) electrons. The molecule has 2 aliphatic rings. The van der Waals surface area contributed by atoms with Crippen molar-refractivity contribution >= 4 is 5.91 Å². The molecule has 132 valence electrons. The predicted molar refractivity (Wildman–Crippen MR) is 93.0 cm³/mol. The Bertz CT molecular complexity index is 646. The average Bonchev–Trinajstić information content (AvgIpc) is 3.21. The first-order valence-electron chi connectivity index (χ1n) is 9.16. The number of aryl methyl sites for hydroxylation is 1. The molecule has 0 atom stereocenters. The topological polar surface area (TPSA) is 60.1 Å². The fraction of sp³-hybridized carbons (Fsp3) is 0.722. The fourth-order valence-electron chi connectivity index (χ4n) is 4.05. The first-order valence-corrected chi connectivity index (χ1v) is 9.16. The molecule has 1 aliphatic heterocycles. The van der Waals surface area contributed by atoms with E-state index < -0.39 is 0 Å². The van der Waals surface area contributed by atoms with E-state index in [0.717, 1.165) is 51.0 Å². The minimum atomic E-state index is 0.0152. The third kappa shape index (κ3) is 3.32. The van der Waals surface area contributed by atoms with Gasteiger partial charge in [0, 0.05) is 38.5 Å². The van der Waals surface area contributed by atoms with Gasteiger partial charge in [-0.25, -0.2) is 9.48 Å². The number of carbonyl (C=O) groups is 1. The SMILES string of the molecule is C=CCCC(=O)N1CCC(c2nn(C)c(=O)n2C2CCCC2)CC1. The predicted octanol–water partition coefficient (Wildman–Crippen LogP) is 2.37. The van der Waals surface area contributed by atoms with Crippen molar-refractivity contribution in [2.45, 2.75) is 63.3 Å². The Labute approximate surface area is 143 Å². The summed E-state index contributed by atoms with van der Waals surface area (Å²) in [4.78, 5) is 26.6. The van der Waals surface area contributed by atoms with Crippen LogP contribution >= 0.6 is 0 Å². The highest BCUT2D eigenvalue weighted by molar-refractivity contribution is 5.76. The third-order valence-corrected chi connectivity index (χ3v) is 5.45. The lowest BCUT2D eigenvalue weighted by molar-refractivity contribution is -0.132. The number of allylic oxidation sites excluding steroid dienone is 1. The molecule has 6 nitrogen and oxygen atoms in total. The van der Waals surface area contributed by atoms with Crippen LogP contribution < -0.4 is 5.69 Å². The normalized spacial score (nSPS) is 19.8. The van der Waals surface area contributed by atoms with Crippen molar-refractivity contribution in [3.8, 4) is 0 Å². The minimum absolute atomic E-state index is 0.0152. The number of nitrogens with zero attached hydrogens (tertiary/aromatic N) is 4. The smallest absolute Gasteiger partial charge is 0.343 e. The monoisotopic (exact) mass is 332 g/mol. The Morgan fingerprint density at radius 1 is 1.25 bits per heavy atom. The fourth-order valence-corrected chi connectivity index (χ4v) is 4.05. The van der Waals surface area contributed by atoms with Gasteiger partial charge in [0.15, 0.2) is 0 Å². The van der Waals surface area contributed by atoms with Crippen LogP contribution in [0.15, 0.2) is 17.4 Å². The molecule has 0 N–H and O–H groups in total. The summed E-state index contributed by atoms with van der Waals surface area (Å²) in [7, 11) is 1.74. The standard InChI is InChI=1S/C18H28N4O2/c1-3-4-9-16(23)21-12-10-14(11-13-21)17-19-20(2)18(24)22(17)15-7-5-6-8-15/h3,14-15H,1,4-13H2,2H3. The summed E-state index contributed by atoms with van der Waals surface area (Å²) in [5.41, 5.74) is 0.0152. The Morgan fingerprint density at radius 2 is 1.92 bits per heavy atom. The maximum absolute atomic E-state index is 12.5. The zero-order valence-electron chi connectivity index (χ0n) is 14.6. The largest absolute Gasteiger partial charge is 0.345 e. The number of aromatic nitrogens is 3. The molecule has 1 saturated carbocycles. The van der Waals surface area contributed by atoms with Gasteiger partial charge in [-0.15, -0.1) is 6.58 Å². The zero-order chi connectivity index (χ0) is 17.1. The summed E-state index contributed by atoms with van der Waals surface area (Å²) in [5.74, 6) is 1.43. The lowest BCUT2D eigenvalue weighted by atomic mass is 9.95. The quantitative estimate of drug-likeness (QED) is 0.778. The molecule has 24 heavy (non-hydrogen) atoms. The van der Waals surface area contributed by atoms with E-state index in [4.69, 9.17) is 0 Å². The van der Waals surface area contributed by atoms with Gasteiger partial charge in [0.25, 0.3) is 0 Å². The van der Waals surface area contributed by atoms with Gasteiger partial charge in [-0.3, -0.25) is 9.36 Å². The Hall–Kier alpha value is -1.85. The highest BCUT2D eigenvalue weighted by atomic mass is 16.2. The molecule has 1 aliphatic carbocycles. The average molecular weight is 332 g/mol. The van der Waals surface area contributed by atoms with Crippen molar-refractivity contribution in [1.82, 2.24) is 19.2 Å². The van der Waals surface area contributed by atoms with Crippen molar-refractivity contribution in [3.63, 3.8) is 0 Å². The van der Waals surface area contributed by atoms with Crippen LogP contribution in [0.5, 0.6) is 0 Å². The van der Waals surface area contributed by atoms with E-state index in [-0.39, 0.29) is 17.5 Å². The molecule has 1 saturated heterocycles. The van der Waals surface area contributed by atoms with E-state index in [1.54, 1.807) is 13.1 Å². The van der Waals surface area contributed by atoms with Crippen molar-refractivity contribution in [1.29, 1.82) is 0 Å². The molecule has 3 rings (SSSR count). The first-order chi connectivity index (χ1) is 11.6. The van der Waals surface area contributed by atoms with Crippen LogP contribution in [-0.4, -0.2) is 38.2 Å². The summed E-state index contributed by atoms with van der Waals surface area (Å²) in [6, 6.07) is 0.313. The number of amides is 1. The van der Waals surface area contributed by atoms with Crippen LogP contribution in [0, 0.1) is 0 Å². The number of carbonyl (C=O) groups excluding carboxylic acids is 1. The van der Waals surface area contributed by atoms with E-state index >= 15 is 0 Å². The van der Waals surface area contributed by atoms with Gasteiger partial charge in [-0.05, 0) is 32.1 Å². The van der Waals surface area contributed by atoms with Gasteiger partial charge in [0.2, 0.25) is 5.91 Å². The number of piperidine rings is 1. The summed E-state index contributed by atoms with van der Waals surface area (Å²) < 4.78 is 3.43. The maximum atomic E-state index is 12.5. The molecule has 0 bridgehead atoms. The Kier molecular flexibility index (Phi) is 5.21. The number of rotatable bonds is 5. The van der Waals surface area contributed by atoms with Crippen molar-refractivity contribution in [2.75, 3.05) is 13.1 Å². The molecule has 0 aromatic carbocycles. The van der Waals surface area contributed by atoms with Gasteiger partial charge in [-0.2, -0.15) is 5.10 Å². The lowest BCUT2D eigenvalue weighted by Gasteiger charge is -2.32. The molecule has 1 aromatic heterocycles. The summed E-state index contributed by atoms with van der Waals surface area (Å²) in [6.45, 7) is 5.19. The molecular formula is C18H28N4O2. The van der Waals surface area contributed by atoms with Crippen molar-refractivity contribution in [2.24, 2.45) is 7.05 Å². The van der Waals surface area contributed by atoms with Gasteiger partial charge in [0.1, 0.15) is 5.82 Å². The van der Waals surface area contributed by atoms with Gasteiger partial charge in [0.05, 0.1) is 0 Å². The van der Waals surface area contributed by atoms with Crippen LogP contribution in [0.1, 0.15) is 69.2 Å². The Morgan fingerprint density at radius 3 is 2.54 bits per heavy atom. The second-order valence-electron chi connectivity index (χ2n) is 7.06. The van der Waals surface area contributed by atoms with Crippen molar-refractivity contribution < 1.29 is 4.79 Å². The molecule has 6 heteroatoms. The van der Waals surface area contributed by atoms with Crippen LogP contribution in [0.2, 0.25) is 0 Å². The molecule has 1 amide bonds. The van der Waals surface area contributed by atoms with Gasteiger partial charge >= 0.3 is 5.69 Å². The Balaban J connectivity index is 1.70. The van der Waals surface area contributed by atoms with Gasteiger partial charge < -0.3 is 4.90 Å². The number of likely N-dealkylation sites (tertiary alicyclic amines) is 1. The molecular weight excluding hydrogens is 304 g/mol. The van der Waals surface area contributed by atoms with Gasteiger partial charge in [-0.1, -0.05) is 18.9 Å². The molecule has 0 unspecified atom stereocenters. The van der Waals surface area contributed by atoms with Crippen LogP contribution in [0.25, 0.3) is 0 Å². The summed E-state index contributed by atoms with van der Waals surface area (Å²) in [6.07, 6.45) is 9.41. The van der Waals surface area contributed by atoms with E-state index in [9.17, 15) is 9.59 Å². The van der Waals surface area contributed by atoms with E-state index in [1.165, 1.54) is 17.5 Å². The second kappa shape index (κ2) is 7.36. The summed E-state index contributed by atoms with van der Waals surface area (Å²) in [5, 5.41) is 4.55. The third-order valence-electron chi connectivity index (χ3n) is 5.45. The molecule has 1 aromatic rings. The first kappa shape index (κ1) is 17.0. The second-order valence-corrected chi connectivity index (χ2v) is 7.06. The van der Waals surface area contributed by atoms with E-state index in [2.05, 4.69) is 11.7 Å². The highest BCUT2D eigenvalue weighted by Gasteiger charge is 2.31. The van der Waals surface area contributed by atoms with E-state index in [1.807, 2.05) is 9.47 Å². The van der Waals surface area contributed by atoms with Crippen LogP contribution in [0.3, 0.4) is 0 Å². The van der Waals surface area contributed by atoms with Crippen molar-refractivity contribution in [3.05, 3.63) is 29.0 Å². The van der Waals surface area contributed by atoms with Crippen LogP contribution in [0.4, 0.5) is 0 Å². The molecule has 2 fully saturated rings. The summed E-state index contributed by atoms with van der Waals surface area (Å²) >= 11 is 0. The lowest BCUT2D eigenvalue weighted by Crippen LogP contribution is -2.38. The molecule has 2 heterocycles. The highest BCUT2D eigenvalue weighted by Crippen LogP contribution is 2.33. The number of hydrogen-bond acceptors (Lipinski definition) is 3. The maximum Gasteiger partial charge on any atom is 0.345 e. The molecule has 0 spiro atoms. The van der Waals surface area contributed by atoms with E-state index in [0.29, 0.717) is 12.5 Å². The number of hydrogen-bond donors (Lipinski definition) is 0. The van der Waals surface area contributed by atoms with Crippen LogP contribution in [-0.2, 0) is 11.8 Å². The minimum Gasteiger partial charge on any atom is -0.343 e. The zero-order valence-corrected chi connectivity index (χ0v) is 14.6.